The molecule has 194 valence electrons. The highest BCUT2D eigenvalue weighted by Crippen LogP contribution is 2.38. The molecular weight excluding hydrogens is 570 g/mol. The van der Waals surface area contributed by atoms with Crippen LogP contribution in [0, 0.1) is 6.92 Å². The normalized spacial score (nSPS) is 14.3. The number of hydrogen-bond donors (Lipinski definition) is 2. The lowest BCUT2D eigenvalue weighted by atomic mass is 10.1. The molecule has 0 aromatic heterocycles. The van der Waals surface area contributed by atoms with Crippen molar-refractivity contribution in [3.8, 4) is 11.5 Å². The minimum Gasteiger partial charge on any atom is -0.490 e. The van der Waals surface area contributed by atoms with Crippen LogP contribution in [0.25, 0.3) is 6.08 Å². The first-order valence-electron chi connectivity index (χ1n) is 11.7. The van der Waals surface area contributed by atoms with Crippen LogP contribution in [0.4, 0.5) is 11.4 Å². The summed E-state index contributed by atoms with van der Waals surface area (Å²) < 4.78 is 12.0. The minimum absolute atomic E-state index is 0.00666. The van der Waals surface area contributed by atoms with Gasteiger partial charge < -0.3 is 14.8 Å². The number of benzene rings is 3. The largest absolute Gasteiger partial charge is 0.490 e. The number of carbonyl (C=O) groups excluding carboxylic acids is 3. The molecule has 0 atom stereocenters. The molecule has 0 aliphatic carbocycles. The van der Waals surface area contributed by atoms with Crippen molar-refractivity contribution in [3.05, 3.63) is 87.9 Å². The summed E-state index contributed by atoms with van der Waals surface area (Å²) >= 11 is 8.70. The van der Waals surface area contributed by atoms with Gasteiger partial charge in [-0.25, -0.2) is 0 Å². The van der Waals surface area contributed by atoms with Gasteiger partial charge in [-0.05, 0) is 90.0 Å². The highest BCUT2D eigenvalue weighted by molar-refractivity contribution is 9.10. The van der Waals surface area contributed by atoms with Gasteiger partial charge in [0.1, 0.15) is 5.57 Å². The van der Waals surface area contributed by atoms with Crippen molar-refractivity contribution in [2.45, 2.75) is 13.8 Å². The summed E-state index contributed by atoms with van der Waals surface area (Å²) in [6.45, 7) is 3.85. The Morgan fingerprint density at radius 3 is 2.47 bits per heavy atom. The van der Waals surface area contributed by atoms with E-state index in [2.05, 4.69) is 26.6 Å². The molecule has 1 heterocycles. The zero-order valence-electron chi connectivity index (χ0n) is 20.6. The van der Waals surface area contributed by atoms with E-state index < -0.39 is 11.8 Å². The van der Waals surface area contributed by atoms with E-state index in [-0.39, 0.29) is 23.2 Å². The second kappa shape index (κ2) is 12.0. The second-order valence-corrected chi connectivity index (χ2v) is 9.50. The van der Waals surface area contributed by atoms with E-state index in [0.717, 1.165) is 5.56 Å². The number of anilines is 2. The van der Waals surface area contributed by atoms with Gasteiger partial charge in [0.25, 0.3) is 17.7 Å². The zero-order valence-corrected chi connectivity index (χ0v) is 23.0. The zero-order chi connectivity index (χ0) is 27.2. The van der Waals surface area contributed by atoms with Gasteiger partial charge in [0.15, 0.2) is 23.2 Å². The number of hydrogen-bond acceptors (Lipinski definition) is 6. The summed E-state index contributed by atoms with van der Waals surface area (Å²) in [4.78, 5) is 39.6. The first-order valence-corrected chi connectivity index (χ1v) is 12.9. The Hall–Kier alpha value is -4.02. The van der Waals surface area contributed by atoms with E-state index in [0.29, 0.717) is 39.5 Å². The molecule has 3 aromatic rings. The van der Waals surface area contributed by atoms with E-state index in [9.17, 15) is 14.4 Å². The smallest absolute Gasteiger partial charge is 0.270 e. The highest BCUT2D eigenvalue weighted by atomic mass is 79.9. The monoisotopic (exact) mass is 593 g/mol. The summed E-state index contributed by atoms with van der Waals surface area (Å²) in [6.07, 6.45) is 1.45. The third kappa shape index (κ3) is 6.27. The standard InChI is InChI=1S/C28H24BrN3O5S/c1-3-36-23-15-18(13-21-26(34)31-28(38)32(27(21)35)20-7-5-4-6-8-20)14-22(29)25(23)37-16-24(33)30-19-11-9-17(2)10-12-19/h4-15H,3,16H2,1-2H3,(H,30,33)(H,31,34,38)/b21-13-. The van der Waals surface area contributed by atoms with E-state index in [1.807, 2.05) is 44.2 Å². The molecule has 0 unspecified atom stereocenters. The van der Waals surface area contributed by atoms with E-state index in [1.54, 1.807) is 36.4 Å². The maximum absolute atomic E-state index is 13.3. The van der Waals surface area contributed by atoms with Gasteiger partial charge in [0, 0.05) is 5.69 Å². The van der Waals surface area contributed by atoms with Gasteiger partial charge in [-0.3, -0.25) is 24.6 Å². The summed E-state index contributed by atoms with van der Waals surface area (Å²) in [5.74, 6) is -0.826. The Labute approximate surface area is 233 Å². The van der Waals surface area contributed by atoms with Crippen molar-refractivity contribution in [1.29, 1.82) is 0 Å². The molecule has 1 saturated heterocycles. The molecule has 10 heteroatoms. The van der Waals surface area contributed by atoms with Crippen molar-refractivity contribution in [2.24, 2.45) is 0 Å². The predicted molar refractivity (Wildman–Crippen MR) is 153 cm³/mol. The van der Waals surface area contributed by atoms with Crippen LogP contribution in [-0.2, 0) is 14.4 Å². The van der Waals surface area contributed by atoms with Gasteiger partial charge in [0.2, 0.25) is 0 Å². The van der Waals surface area contributed by atoms with Crippen LogP contribution in [0.1, 0.15) is 18.1 Å². The number of carbonyl (C=O) groups is 3. The van der Waals surface area contributed by atoms with Crippen molar-refractivity contribution >= 4 is 68.4 Å². The van der Waals surface area contributed by atoms with Gasteiger partial charge in [-0.15, -0.1) is 0 Å². The fraction of sp³-hybridized carbons (Fsp3) is 0.143. The van der Waals surface area contributed by atoms with Crippen molar-refractivity contribution < 1.29 is 23.9 Å². The third-order valence-corrected chi connectivity index (χ3v) is 6.32. The Balaban J connectivity index is 1.57. The lowest BCUT2D eigenvalue weighted by Gasteiger charge is -2.28. The molecule has 3 amide bonds. The number of halogens is 1. The lowest BCUT2D eigenvalue weighted by Crippen LogP contribution is -2.54. The molecule has 0 bridgehead atoms. The Kier molecular flexibility index (Phi) is 8.55. The summed E-state index contributed by atoms with van der Waals surface area (Å²) in [5, 5.41) is 5.35. The lowest BCUT2D eigenvalue weighted by molar-refractivity contribution is -0.122. The summed E-state index contributed by atoms with van der Waals surface area (Å²) in [7, 11) is 0. The molecule has 38 heavy (non-hydrogen) atoms. The van der Waals surface area contributed by atoms with Crippen LogP contribution in [0.3, 0.4) is 0 Å². The SMILES string of the molecule is CCOc1cc(/C=C2/C(=O)NC(=S)N(c3ccccc3)C2=O)cc(Br)c1OCC(=O)Nc1ccc(C)cc1. The second-order valence-electron chi connectivity index (χ2n) is 8.26. The number of para-hydroxylation sites is 1. The number of amides is 3. The summed E-state index contributed by atoms with van der Waals surface area (Å²) in [6, 6.07) is 19.5. The molecule has 1 aliphatic rings. The average molecular weight is 594 g/mol. The predicted octanol–water partition coefficient (Wildman–Crippen LogP) is 5.01. The van der Waals surface area contributed by atoms with Crippen LogP contribution >= 0.6 is 28.1 Å². The van der Waals surface area contributed by atoms with Crippen LogP contribution < -0.4 is 25.0 Å². The Morgan fingerprint density at radius 1 is 1.08 bits per heavy atom. The molecule has 1 aliphatic heterocycles. The van der Waals surface area contributed by atoms with Crippen molar-refractivity contribution in [3.63, 3.8) is 0 Å². The van der Waals surface area contributed by atoms with Crippen LogP contribution in [0.15, 0.2) is 76.8 Å². The van der Waals surface area contributed by atoms with E-state index >= 15 is 0 Å². The average Bonchev–Trinajstić information content (AvgIpc) is 2.88. The van der Waals surface area contributed by atoms with Crippen molar-refractivity contribution in [1.82, 2.24) is 5.32 Å². The minimum atomic E-state index is -0.602. The number of rotatable bonds is 8. The first-order chi connectivity index (χ1) is 18.3. The Bertz CT molecular complexity index is 1420. The number of nitrogens with one attached hydrogen (secondary N) is 2. The molecule has 2 N–H and O–H groups in total. The fourth-order valence-electron chi connectivity index (χ4n) is 3.68. The highest BCUT2D eigenvalue weighted by Gasteiger charge is 2.34. The number of ether oxygens (including phenoxy) is 2. The van der Waals surface area contributed by atoms with Crippen molar-refractivity contribution in [2.75, 3.05) is 23.4 Å². The maximum atomic E-state index is 13.3. The molecular formula is C28H24BrN3O5S. The molecule has 0 radical (unpaired) electrons. The Morgan fingerprint density at radius 2 is 1.79 bits per heavy atom. The summed E-state index contributed by atoms with van der Waals surface area (Å²) in [5.41, 5.74) is 2.70. The topological polar surface area (TPSA) is 97.0 Å². The number of thiocarbonyl (C=S) groups is 1. The van der Waals surface area contributed by atoms with E-state index in [4.69, 9.17) is 21.7 Å². The quantitative estimate of drug-likeness (QED) is 0.217. The van der Waals surface area contributed by atoms with Crippen LogP contribution in [0.5, 0.6) is 11.5 Å². The van der Waals surface area contributed by atoms with Gasteiger partial charge in [0.05, 0.1) is 16.8 Å². The maximum Gasteiger partial charge on any atom is 0.270 e. The number of nitrogens with zero attached hydrogens (tertiary/aromatic N) is 1. The van der Waals surface area contributed by atoms with Gasteiger partial charge in [-0.2, -0.15) is 0 Å². The molecule has 0 spiro atoms. The van der Waals surface area contributed by atoms with Gasteiger partial charge in [-0.1, -0.05) is 35.9 Å². The molecule has 4 rings (SSSR count). The fourth-order valence-corrected chi connectivity index (χ4v) is 4.54. The number of aryl methyl sites for hydroxylation is 1. The molecule has 1 fully saturated rings. The van der Waals surface area contributed by atoms with Gasteiger partial charge >= 0.3 is 0 Å². The van der Waals surface area contributed by atoms with Crippen LogP contribution in [-0.4, -0.2) is 36.0 Å². The third-order valence-electron chi connectivity index (χ3n) is 5.44. The molecule has 8 nitrogen and oxygen atoms in total. The molecule has 0 saturated carbocycles. The molecule has 3 aromatic carbocycles. The first kappa shape index (κ1) is 27.0. The van der Waals surface area contributed by atoms with Crippen LogP contribution in [0.2, 0.25) is 0 Å². The van der Waals surface area contributed by atoms with E-state index in [1.165, 1.54) is 11.0 Å².